The summed E-state index contributed by atoms with van der Waals surface area (Å²) in [6.07, 6.45) is 0.620. The molecule has 0 aliphatic rings. The molecule has 2 atom stereocenters. The Labute approximate surface area is 145 Å². The minimum absolute atomic E-state index is 0.310. The molecule has 0 rings (SSSR count). The molecule has 0 fully saturated rings. The Balaban J connectivity index is 4.85. The molecule has 0 radical (unpaired) electrons. The van der Waals surface area contributed by atoms with Gasteiger partial charge in [-0.2, -0.15) is 19.6 Å². The summed E-state index contributed by atoms with van der Waals surface area (Å²) in [6.45, 7) is 14.5. The Morgan fingerprint density at radius 3 is 0.958 bits per heavy atom. The van der Waals surface area contributed by atoms with Crippen molar-refractivity contribution in [2.24, 2.45) is 0 Å². The smallest absolute Gasteiger partial charge is 0.231 e. The van der Waals surface area contributed by atoms with Gasteiger partial charge in [-0.1, -0.05) is 0 Å². The molecule has 0 aromatic carbocycles. The normalized spacial score (nSPS) is 18.2. The molecule has 8 heteroatoms. The molecule has 0 saturated heterocycles. The van der Waals surface area contributed by atoms with Crippen molar-refractivity contribution < 1.29 is 39.1 Å². The van der Waals surface area contributed by atoms with Crippen LogP contribution in [0.15, 0.2) is 0 Å². The van der Waals surface area contributed by atoms with Gasteiger partial charge in [-0.3, -0.25) is 0 Å². The van der Waals surface area contributed by atoms with Crippen LogP contribution >= 0.6 is 0 Å². The van der Waals surface area contributed by atoms with Crippen molar-refractivity contribution in [3.05, 3.63) is 0 Å². The molecular formula is C16H34O8. The summed E-state index contributed by atoms with van der Waals surface area (Å²) in [5.74, 6) is -2.35. The maximum Gasteiger partial charge on any atom is 0.231 e. The number of rotatable bonds is 11. The fraction of sp³-hybridized carbons (Fsp3) is 1.00. The van der Waals surface area contributed by atoms with E-state index in [2.05, 4.69) is 0 Å². The SMILES string of the molecule is COOC(C)(CCC(C)(OOC)OOC(C)(C)C)OOC(C)(C)C. The van der Waals surface area contributed by atoms with Gasteiger partial charge in [0.1, 0.15) is 0 Å². The molecule has 0 spiro atoms. The van der Waals surface area contributed by atoms with Crippen molar-refractivity contribution in [2.75, 3.05) is 14.2 Å². The fourth-order valence-corrected chi connectivity index (χ4v) is 1.43. The predicted octanol–water partition coefficient (Wildman–Crippen LogP) is 3.85. The second kappa shape index (κ2) is 9.40. The van der Waals surface area contributed by atoms with Crippen LogP contribution in [0.2, 0.25) is 0 Å². The van der Waals surface area contributed by atoms with Gasteiger partial charge in [-0.05, 0) is 55.4 Å². The maximum absolute atomic E-state index is 5.41. The standard InChI is InChI=1S/C16H34O8/c1-13(2,3)19-23-15(7,21-17-9)11-12-16(8,22-18-10)24-20-14(4,5)6/h11-12H2,1-10H3. The Hall–Kier alpha value is -0.320. The molecule has 0 saturated carbocycles. The Kier molecular flexibility index (Phi) is 9.27. The summed E-state index contributed by atoms with van der Waals surface area (Å²) in [7, 11) is 2.78. The third kappa shape index (κ3) is 11.3. The third-order valence-corrected chi connectivity index (χ3v) is 2.49. The van der Waals surface area contributed by atoms with Crippen LogP contribution in [0, 0.1) is 0 Å². The van der Waals surface area contributed by atoms with Crippen molar-refractivity contribution in [2.45, 2.75) is 91.0 Å². The predicted molar refractivity (Wildman–Crippen MR) is 86.1 cm³/mol. The van der Waals surface area contributed by atoms with Gasteiger partial charge in [0.2, 0.25) is 11.6 Å². The van der Waals surface area contributed by atoms with Crippen molar-refractivity contribution in [3.8, 4) is 0 Å². The van der Waals surface area contributed by atoms with E-state index in [1.165, 1.54) is 14.2 Å². The first kappa shape index (κ1) is 23.7. The van der Waals surface area contributed by atoms with Crippen LogP contribution < -0.4 is 0 Å². The van der Waals surface area contributed by atoms with Gasteiger partial charge in [0, 0.05) is 12.8 Å². The van der Waals surface area contributed by atoms with Crippen molar-refractivity contribution in [1.29, 1.82) is 0 Å². The van der Waals surface area contributed by atoms with Crippen LogP contribution in [-0.2, 0) is 39.1 Å². The molecular weight excluding hydrogens is 320 g/mol. The summed E-state index contributed by atoms with van der Waals surface area (Å²) in [4.78, 5) is 41.4. The van der Waals surface area contributed by atoms with Gasteiger partial charge in [0.15, 0.2) is 0 Å². The summed E-state index contributed by atoms with van der Waals surface area (Å²) < 4.78 is 0. The average molecular weight is 354 g/mol. The Morgan fingerprint density at radius 1 is 0.458 bits per heavy atom. The number of hydrogen-bond acceptors (Lipinski definition) is 8. The largest absolute Gasteiger partial charge is 0.237 e. The zero-order valence-corrected chi connectivity index (χ0v) is 16.7. The van der Waals surface area contributed by atoms with E-state index in [9.17, 15) is 0 Å². The molecule has 0 N–H and O–H groups in total. The van der Waals surface area contributed by atoms with Crippen LogP contribution in [0.3, 0.4) is 0 Å². The highest BCUT2D eigenvalue weighted by molar-refractivity contribution is 4.69. The molecule has 0 heterocycles. The van der Waals surface area contributed by atoms with Crippen LogP contribution in [0.25, 0.3) is 0 Å². The van der Waals surface area contributed by atoms with Gasteiger partial charge in [-0.15, -0.1) is 0 Å². The van der Waals surface area contributed by atoms with E-state index >= 15 is 0 Å². The highest BCUT2D eigenvalue weighted by atomic mass is 17.3. The van der Waals surface area contributed by atoms with Gasteiger partial charge < -0.3 is 0 Å². The van der Waals surface area contributed by atoms with Crippen LogP contribution in [-0.4, -0.2) is 37.0 Å². The first-order chi connectivity index (χ1) is 10.7. The first-order valence-corrected chi connectivity index (χ1v) is 7.92. The summed E-state index contributed by atoms with van der Waals surface area (Å²) in [6, 6.07) is 0. The van der Waals surface area contributed by atoms with E-state index in [4.69, 9.17) is 39.1 Å². The minimum atomic E-state index is -1.18. The summed E-state index contributed by atoms with van der Waals surface area (Å²) in [5.41, 5.74) is -1.01. The quantitative estimate of drug-likeness (QED) is 0.315. The highest BCUT2D eigenvalue weighted by Gasteiger charge is 2.38. The van der Waals surface area contributed by atoms with E-state index in [0.717, 1.165) is 0 Å². The Bertz CT molecular complexity index is 315. The monoisotopic (exact) mass is 354 g/mol. The highest BCUT2D eigenvalue weighted by Crippen LogP contribution is 2.30. The van der Waals surface area contributed by atoms with Crippen LogP contribution in [0.5, 0.6) is 0 Å². The molecule has 2 unspecified atom stereocenters. The zero-order chi connectivity index (χ0) is 19.1. The second-order valence-electron chi connectivity index (χ2n) is 7.83. The third-order valence-electron chi connectivity index (χ3n) is 2.49. The van der Waals surface area contributed by atoms with E-state index in [1.807, 2.05) is 41.5 Å². The van der Waals surface area contributed by atoms with Crippen molar-refractivity contribution in [3.63, 3.8) is 0 Å². The maximum atomic E-state index is 5.41. The molecule has 0 aliphatic heterocycles. The molecule has 0 aromatic heterocycles. The topological polar surface area (TPSA) is 73.8 Å². The fourth-order valence-electron chi connectivity index (χ4n) is 1.43. The molecule has 0 amide bonds. The lowest BCUT2D eigenvalue weighted by atomic mass is 10.1. The van der Waals surface area contributed by atoms with Gasteiger partial charge in [-0.25, -0.2) is 19.6 Å². The van der Waals surface area contributed by atoms with E-state index < -0.39 is 22.8 Å². The molecule has 8 nitrogen and oxygen atoms in total. The van der Waals surface area contributed by atoms with Crippen molar-refractivity contribution >= 4 is 0 Å². The lowest BCUT2D eigenvalue weighted by molar-refractivity contribution is -0.535. The van der Waals surface area contributed by atoms with Crippen LogP contribution in [0.1, 0.15) is 68.2 Å². The molecule has 146 valence electrons. The number of hydrogen-bond donors (Lipinski definition) is 0. The van der Waals surface area contributed by atoms with E-state index in [1.54, 1.807) is 13.8 Å². The second-order valence-corrected chi connectivity index (χ2v) is 7.83. The summed E-state index contributed by atoms with van der Waals surface area (Å²) >= 11 is 0. The lowest BCUT2D eigenvalue weighted by Crippen LogP contribution is -2.41. The van der Waals surface area contributed by atoms with Crippen molar-refractivity contribution in [1.82, 2.24) is 0 Å². The molecule has 24 heavy (non-hydrogen) atoms. The van der Waals surface area contributed by atoms with Gasteiger partial charge in [0.25, 0.3) is 0 Å². The van der Waals surface area contributed by atoms with Crippen LogP contribution in [0.4, 0.5) is 0 Å². The first-order valence-electron chi connectivity index (χ1n) is 7.92. The van der Waals surface area contributed by atoms with E-state index in [-0.39, 0.29) is 0 Å². The molecule has 0 aromatic rings. The van der Waals surface area contributed by atoms with E-state index in [0.29, 0.717) is 12.8 Å². The molecule has 0 aliphatic carbocycles. The zero-order valence-electron chi connectivity index (χ0n) is 16.7. The minimum Gasteiger partial charge on any atom is -0.237 e. The van der Waals surface area contributed by atoms with Gasteiger partial charge in [0.05, 0.1) is 25.4 Å². The summed E-state index contributed by atoms with van der Waals surface area (Å²) in [5, 5.41) is 0. The average Bonchev–Trinajstić information content (AvgIpc) is 2.41. The molecule has 0 bridgehead atoms. The Morgan fingerprint density at radius 2 is 0.750 bits per heavy atom. The van der Waals surface area contributed by atoms with Gasteiger partial charge >= 0.3 is 0 Å². The lowest BCUT2D eigenvalue weighted by Gasteiger charge is -2.34.